The molecule has 2 fully saturated rings. The minimum absolute atomic E-state index is 0.0190. The minimum atomic E-state index is -0.676. The number of benzene rings is 1. The third-order valence-corrected chi connectivity index (χ3v) is 7.60. The number of hydrogen-bond acceptors (Lipinski definition) is 6. The zero-order chi connectivity index (χ0) is 24.9. The van der Waals surface area contributed by atoms with Gasteiger partial charge in [-0.1, -0.05) is 24.9 Å². The van der Waals surface area contributed by atoms with Gasteiger partial charge in [0.25, 0.3) is 11.8 Å². The number of ether oxygens (including phenoxy) is 1. The molecule has 4 rings (SSSR count). The number of carbonyl (C=O) groups excluding carboxylic acids is 3. The van der Waals surface area contributed by atoms with E-state index in [-0.39, 0.29) is 36.7 Å². The number of nitrogens with one attached hydrogen (secondary N) is 2. The summed E-state index contributed by atoms with van der Waals surface area (Å²) in [5.41, 5.74) is 0.433. The highest BCUT2D eigenvalue weighted by atomic mass is 35.5. The lowest BCUT2D eigenvalue weighted by atomic mass is 9.90. The maximum Gasteiger partial charge on any atom is 0.261 e. The lowest BCUT2D eigenvalue weighted by Crippen LogP contribution is -2.56. The van der Waals surface area contributed by atoms with E-state index in [2.05, 4.69) is 15.5 Å². The Morgan fingerprint density at radius 1 is 1.31 bits per heavy atom. The van der Waals surface area contributed by atoms with E-state index in [0.717, 1.165) is 30.6 Å². The maximum atomic E-state index is 14.9. The van der Waals surface area contributed by atoms with E-state index in [1.807, 2.05) is 6.92 Å². The van der Waals surface area contributed by atoms with Crippen LogP contribution in [0.2, 0.25) is 4.34 Å². The van der Waals surface area contributed by atoms with Gasteiger partial charge in [0.15, 0.2) is 0 Å². The summed E-state index contributed by atoms with van der Waals surface area (Å²) >= 11 is 7.10. The number of morpholine rings is 1. The summed E-state index contributed by atoms with van der Waals surface area (Å²) in [6.07, 6.45) is 3.04. The standard InChI is InChI=1S/C24H28ClFN4O4S/c1-2-29(15-4-3-5-15)19(13-27-24(33)20-8-9-21(25)35-20)23(32)28-18-7-6-16(12-17(18)26)30-10-11-34-14-22(30)31/h6-9,12,15,19H,2-5,10-11,13-14H2,1H3,(H,27,33)(H,28,32)/t19-/m1/s1. The Hall–Kier alpha value is -2.53. The zero-order valence-corrected chi connectivity index (χ0v) is 21.0. The number of likely N-dealkylation sites (N-methyl/N-ethyl adjacent to an activating group) is 1. The minimum Gasteiger partial charge on any atom is -0.370 e. The van der Waals surface area contributed by atoms with Gasteiger partial charge in [0, 0.05) is 24.8 Å². The summed E-state index contributed by atoms with van der Waals surface area (Å²) in [6, 6.07) is 7.14. The van der Waals surface area contributed by atoms with Crippen molar-refractivity contribution in [3.8, 4) is 0 Å². The van der Waals surface area contributed by atoms with Crippen LogP contribution in [0.3, 0.4) is 0 Å². The smallest absolute Gasteiger partial charge is 0.261 e. The maximum absolute atomic E-state index is 14.9. The molecule has 1 aromatic heterocycles. The normalized spacial score (nSPS) is 17.3. The molecule has 0 unspecified atom stereocenters. The molecule has 1 aromatic carbocycles. The number of halogens is 2. The van der Waals surface area contributed by atoms with Crippen LogP contribution in [0.1, 0.15) is 35.9 Å². The molecule has 1 saturated carbocycles. The van der Waals surface area contributed by atoms with Crippen LogP contribution in [0.25, 0.3) is 0 Å². The molecule has 1 atom stereocenters. The van der Waals surface area contributed by atoms with Gasteiger partial charge in [0.05, 0.1) is 21.5 Å². The lowest BCUT2D eigenvalue weighted by molar-refractivity contribution is -0.125. The SMILES string of the molecule is CCN(C1CCC1)[C@H](CNC(=O)c1ccc(Cl)s1)C(=O)Nc1ccc(N2CCOCC2=O)cc1F. The Bertz CT molecular complexity index is 1090. The Labute approximate surface area is 212 Å². The van der Waals surface area contributed by atoms with Crippen LogP contribution in [0.5, 0.6) is 0 Å². The predicted molar refractivity (Wildman–Crippen MR) is 134 cm³/mol. The molecule has 35 heavy (non-hydrogen) atoms. The molecule has 1 aliphatic heterocycles. The quantitative estimate of drug-likeness (QED) is 0.526. The van der Waals surface area contributed by atoms with Gasteiger partial charge in [-0.3, -0.25) is 19.3 Å². The first-order valence-electron chi connectivity index (χ1n) is 11.6. The Morgan fingerprint density at radius 3 is 2.71 bits per heavy atom. The fourth-order valence-corrected chi connectivity index (χ4v) is 5.26. The fraction of sp³-hybridized carbons (Fsp3) is 0.458. The Balaban J connectivity index is 1.48. The van der Waals surface area contributed by atoms with Crippen LogP contribution in [0.4, 0.5) is 15.8 Å². The molecule has 2 aromatic rings. The van der Waals surface area contributed by atoms with Crippen LogP contribution in [-0.4, -0.2) is 67.6 Å². The van der Waals surface area contributed by atoms with E-state index in [0.29, 0.717) is 34.6 Å². The van der Waals surface area contributed by atoms with Crippen LogP contribution in [0, 0.1) is 5.82 Å². The van der Waals surface area contributed by atoms with Crippen molar-refractivity contribution in [3.63, 3.8) is 0 Å². The number of amides is 3. The summed E-state index contributed by atoms with van der Waals surface area (Å²) in [5.74, 6) is -1.60. The number of rotatable bonds is 9. The van der Waals surface area contributed by atoms with E-state index in [1.54, 1.807) is 18.2 Å². The summed E-state index contributed by atoms with van der Waals surface area (Å²) in [6.45, 7) is 3.34. The second kappa shape index (κ2) is 11.5. The topological polar surface area (TPSA) is 91.0 Å². The van der Waals surface area contributed by atoms with E-state index < -0.39 is 17.8 Å². The van der Waals surface area contributed by atoms with Crippen molar-refractivity contribution < 1.29 is 23.5 Å². The molecular formula is C24H28ClFN4O4S. The van der Waals surface area contributed by atoms with Crippen molar-refractivity contribution in [2.24, 2.45) is 0 Å². The highest BCUT2D eigenvalue weighted by molar-refractivity contribution is 7.18. The average Bonchev–Trinajstić information content (AvgIpc) is 3.25. The highest BCUT2D eigenvalue weighted by Crippen LogP contribution is 2.28. The van der Waals surface area contributed by atoms with Crippen molar-refractivity contribution >= 4 is 52.0 Å². The van der Waals surface area contributed by atoms with Gasteiger partial charge in [-0.2, -0.15) is 0 Å². The molecule has 8 nitrogen and oxygen atoms in total. The molecule has 0 spiro atoms. The van der Waals surface area contributed by atoms with Gasteiger partial charge in [0.1, 0.15) is 18.5 Å². The number of hydrogen-bond donors (Lipinski definition) is 2. The molecule has 2 aliphatic rings. The molecule has 0 radical (unpaired) electrons. The first-order valence-corrected chi connectivity index (χ1v) is 12.8. The molecule has 188 valence electrons. The third kappa shape index (κ3) is 6.00. The monoisotopic (exact) mass is 522 g/mol. The molecule has 2 N–H and O–H groups in total. The molecule has 0 bridgehead atoms. The van der Waals surface area contributed by atoms with Gasteiger partial charge < -0.3 is 20.3 Å². The summed E-state index contributed by atoms with van der Waals surface area (Å²) < 4.78 is 20.6. The van der Waals surface area contributed by atoms with E-state index in [9.17, 15) is 18.8 Å². The van der Waals surface area contributed by atoms with Crippen molar-refractivity contribution in [3.05, 3.63) is 45.4 Å². The highest BCUT2D eigenvalue weighted by Gasteiger charge is 2.34. The summed E-state index contributed by atoms with van der Waals surface area (Å²) in [7, 11) is 0. The van der Waals surface area contributed by atoms with E-state index >= 15 is 0 Å². The molecule has 11 heteroatoms. The second-order valence-electron chi connectivity index (χ2n) is 8.50. The number of thiophene rings is 1. The fourth-order valence-electron chi connectivity index (χ4n) is 4.31. The van der Waals surface area contributed by atoms with Crippen LogP contribution < -0.4 is 15.5 Å². The van der Waals surface area contributed by atoms with Crippen LogP contribution in [-0.2, 0) is 14.3 Å². The van der Waals surface area contributed by atoms with Crippen LogP contribution in [0.15, 0.2) is 30.3 Å². The predicted octanol–water partition coefficient (Wildman–Crippen LogP) is 3.52. The van der Waals surface area contributed by atoms with Crippen molar-refractivity contribution in [1.29, 1.82) is 0 Å². The molecule has 1 saturated heterocycles. The third-order valence-electron chi connectivity index (χ3n) is 6.37. The summed E-state index contributed by atoms with van der Waals surface area (Å²) in [5, 5.41) is 5.51. The van der Waals surface area contributed by atoms with Gasteiger partial charge in [-0.25, -0.2) is 4.39 Å². The zero-order valence-electron chi connectivity index (χ0n) is 19.4. The molecule has 2 heterocycles. The van der Waals surface area contributed by atoms with Crippen LogP contribution >= 0.6 is 22.9 Å². The Morgan fingerprint density at radius 2 is 2.11 bits per heavy atom. The number of nitrogens with zero attached hydrogens (tertiary/aromatic N) is 2. The molecule has 3 amide bonds. The van der Waals surface area contributed by atoms with E-state index in [4.69, 9.17) is 16.3 Å². The first-order chi connectivity index (χ1) is 16.9. The first kappa shape index (κ1) is 25.6. The summed E-state index contributed by atoms with van der Waals surface area (Å²) in [4.78, 5) is 41.9. The van der Waals surface area contributed by atoms with Gasteiger partial charge >= 0.3 is 0 Å². The van der Waals surface area contributed by atoms with Gasteiger partial charge in [-0.15, -0.1) is 11.3 Å². The average molecular weight is 523 g/mol. The van der Waals surface area contributed by atoms with Gasteiger partial charge in [0.2, 0.25) is 5.91 Å². The molecular weight excluding hydrogens is 495 g/mol. The second-order valence-corrected chi connectivity index (χ2v) is 10.2. The van der Waals surface area contributed by atoms with E-state index in [1.165, 1.54) is 17.0 Å². The Kier molecular flexibility index (Phi) is 8.38. The van der Waals surface area contributed by atoms with Crippen molar-refractivity contribution in [1.82, 2.24) is 10.2 Å². The van der Waals surface area contributed by atoms with Crippen molar-refractivity contribution in [2.45, 2.75) is 38.3 Å². The lowest BCUT2D eigenvalue weighted by Gasteiger charge is -2.41. The number of anilines is 2. The molecule has 1 aliphatic carbocycles. The number of carbonyl (C=O) groups is 3. The van der Waals surface area contributed by atoms with Gasteiger partial charge in [-0.05, 0) is 49.7 Å². The van der Waals surface area contributed by atoms with Crippen molar-refractivity contribution in [2.75, 3.05) is 43.1 Å². The largest absolute Gasteiger partial charge is 0.370 e.